The predicted octanol–water partition coefficient (Wildman–Crippen LogP) is 1.37. The number of carbonyl (C=O) groups excluding carboxylic acids is 1. The average Bonchev–Trinajstić information content (AvgIpc) is 3.12. The normalized spacial score (nSPS) is 19.3. The number of aromatic nitrogens is 2. The SMILES string of the molecule is CSc1nc(N2CCCCC2)c2cc(C(=O)N3CC[NH+](C)CC3)sc2n1. The van der Waals surface area contributed by atoms with Crippen molar-refractivity contribution in [2.45, 2.75) is 24.4 Å². The van der Waals surface area contributed by atoms with Crippen LogP contribution in [0.5, 0.6) is 0 Å². The Morgan fingerprint density at radius 1 is 1.15 bits per heavy atom. The summed E-state index contributed by atoms with van der Waals surface area (Å²) in [4.78, 5) is 30.0. The van der Waals surface area contributed by atoms with Crippen LogP contribution in [0, 0.1) is 0 Å². The molecular weight excluding hydrogens is 366 g/mol. The molecule has 0 aromatic carbocycles. The van der Waals surface area contributed by atoms with E-state index >= 15 is 0 Å². The van der Waals surface area contributed by atoms with Gasteiger partial charge in [-0.1, -0.05) is 11.8 Å². The molecule has 8 heteroatoms. The molecule has 2 aliphatic rings. The third-order valence-electron chi connectivity index (χ3n) is 5.31. The van der Waals surface area contributed by atoms with Crippen molar-refractivity contribution in [3.8, 4) is 0 Å². The first-order chi connectivity index (χ1) is 12.7. The van der Waals surface area contributed by atoms with Crippen molar-refractivity contribution in [2.24, 2.45) is 0 Å². The molecule has 0 aliphatic carbocycles. The third kappa shape index (κ3) is 3.54. The number of nitrogens with zero attached hydrogens (tertiary/aromatic N) is 4. The van der Waals surface area contributed by atoms with E-state index in [1.54, 1.807) is 11.8 Å². The van der Waals surface area contributed by atoms with Crippen molar-refractivity contribution < 1.29 is 9.69 Å². The number of thioether (sulfide) groups is 1. The molecule has 26 heavy (non-hydrogen) atoms. The van der Waals surface area contributed by atoms with Crippen molar-refractivity contribution in [1.82, 2.24) is 14.9 Å². The van der Waals surface area contributed by atoms with E-state index in [0.29, 0.717) is 0 Å². The van der Waals surface area contributed by atoms with Gasteiger partial charge >= 0.3 is 0 Å². The van der Waals surface area contributed by atoms with Gasteiger partial charge < -0.3 is 14.7 Å². The lowest BCUT2D eigenvalue weighted by molar-refractivity contribution is -0.883. The van der Waals surface area contributed by atoms with E-state index < -0.39 is 0 Å². The Kier molecular flexibility index (Phi) is 5.33. The number of thiophene rings is 1. The molecule has 0 saturated carbocycles. The Labute approximate surface area is 162 Å². The van der Waals surface area contributed by atoms with Crippen LogP contribution in [-0.4, -0.2) is 73.3 Å². The molecule has 0 spiro atoms. The van der Waals surface area contributed by atoms with Gasteiger partial charge in [-0.05, 0) is 31.6 Å². The number of likely N-dealkylation sites (N-methyl/N-ethyl adjacent to an activating group) is 1. The number of hydrogen-bond acceptors (Lipinski definition) is 6. The summed E-state index contributed by atoms with van der Waals surface area (Å²) < 4.78 is 0. The molecule has 0 unspecified atom stereocenters. The molecule has 4 rings (SSSR count). The van der Waals surface area contributed by atoms with Gasteiger partial charge in [0.2, 0.25) is 0 Å². The van der Waals surface area contributed by atoms with Crippen LogP contribution in [-0.2, 0) is 0 Å². The highest BCUT2D eigenvalue weighted by Gasteiger charge is 2.26. The number of hydrogen-bond donors (Lipinski definition) is 1. The van der Waals surface area contributed by atoms with Crippen molar-refractivity contribution in [2.75, 3.05) is 57.5 Å². The number of carbonyl (C=O) groups is 1. The van der Waals surface area contributed by atoms with Gasteiger partial charge in [-0.15, -0.1) is 11.3 Å². The predicted molar refractivity (Wildman–Crippen MR) is 108 cm³/mol. The Morgan fingerprint density at radius 3 is 2.58 bits per heavy atom. The smallest absolute Gasteiger partial charge is 0.264 e. The number of quaternary nitrogens is 1. The van der Waals surface area contributed by atoms with Crippen LogP contribution >= 0.6 is 23.1 Å². The molecule has 6 nitrogen and oxygen atoms in total. The Morgan fingerprint density at radius 2 is 1.88 bits per heavy atom. The molecular formula is C18H26N5OS2+. The Hall–Kier alpha value is -1.38. The van der Waals surface area contributed by atoms with Gasteiger partial charge in [0, 0.05) is 13.1 Å². The molecule has 140 valence electrons. The standard InChI is InChI=1S/C18H25N5OS2/c1-21-8-10-23(11-9-21)17(24)14-12-13-15(22-6-4-3-5-7-22)19-18(25-2)20-16(13)26-14/h12H,3-11H2,1-2H3/p+1. The zero-order valence-electron chi connectivity index (χ0n) is 15.5. The van der Waals surface area contributed by atoms with E-state index in [2.05, 4.69) is 16.9 Å². The highest BCUT2D eigenvalue weighted by Crippen LogP contribution is 2.34. The van der Waals surface area contributed by atoms with Crippen molar-refractivity contribution >= 4 is 45.0 Å². The molecule has 0 radical (unpaired) electrons. The first-order valence-electron chi connectivity index (χ1n) is 9.37. The van der Waals surface area contributed by atoms with Crippen LogP contribution in [0.15, 0.2) is 11.2 Å². The number of fused-ring (bicyclic) bond motifs is 1. The third-order valence-corrected chi connectivity index (χ3v) is 6.87. The topological polar surface area (TPSA) is 53.8 Å². The summed E-state index contributed by atoms with van der Waals surface area (Å²) in [5.74, 6) is 1.16. The minimum atomic E-state index is 0.149. The summed E-state index contributed by atoms with van der Waals surface area (Å²) >= 11 is 3.09. The second-order valence-corrected chi connectivity index (χ2v) is 8.96. The summed E-state index contributed by atoms with van der Waals surface area (Å²) in [7, 11) is 2.19. The van der Waals surface area contributed by atoms with Crippen molar-refractivity contribution in [1.29, 1.82) is 0 Å². The molecule has 2 aliphatic heterocycles. The Balaban J connectivity index is 1.68. The van der Waals surface area contributed by atoms with E-state index in [1.165, 1.54) is 35.5 Å². The average molecular weight is 393 g/mol. The monoisotopic (exact) mass is 392 g/mol. The second-order valence-electron chi connectivity index (χ2n) is 7.16. The van der Waals surface area contributed by atoms with Crippen LogP contribution < -0.4 is 9.80 Å². The number of amides is 1. The molecule has 2 aromatic rings. The highest BCUT2D eigenvalue weighted by atomic mass is 32.2. The molecule has 0 atom stereocenters. The number of anilines is 1. The summed E-state index contributed by atoms with van der Waals surface area (Å²) in [5.41, 5.74) is 0. The fourth-order valence-corrected chi connectivity index (χ4v) is 5.09. The van der Waals surface area contributed by atoms with Crippen LogP contribution in [0.2, 0.25) is 0 Å². The van der Waals surface area contributed by atoms with E-state index in [-0.39, 0.29) is 5.91 Å². The fraction of sp³-hybridized carbons (Fsp3) is 0.611. The minimum Gasteiger partial charge on any atom is -0.356 e. The van der Waals surface area contributed by atoms with Crippen LogP contribution in [0.4, 0.5) is 5.82 Å². The summed E-state index contributed by atoms with van der Waals surface area (Å²) in [6.07, 6.45) is 5.71. The first-order valence-corrected chi connectivity index (χ1v) is 11.4. The van der Waals surface area contributed by atoms with Crippen LogP contribution in [0.25, 0.3) is 10.2 Å². The van der Waals surface area contributed by atoms with Gasteiger partial charge in [0.15, 0.2) is 5.16 Å². The van der Waals surface area contributed by atoms with Gasteiger partial charge in [0.05, 0.1) is 43.5 Å². The lowest BCUT2D eigenvalue weighted by atomic mass is 10.1. The Bertz CT molecular complexity index is 794. The van der Waals surface area contributed by atoms with E-state index in [0.717, 1.165) is 65.3 Å². The lowest BCUT2D eigenvalue weighted by Crippen LogP contribution is -3.12. The maximum atomic E-state index is 13.0. The fourth-order valence-electron chi connectivity index (χ4n) is 3.68. The van der Waals surface area contributed by atoms with Gasteiger partial charge in [-0.2, -0.15) is 0 Å². The maximum absolute atomic E-state index is 13.0. The summed E-state index contributed by atoms with van der Waals surface area (Å²) in [6.45, 7) is 5.79. The molecule has 1 N–H and O–H groups in total. The molecule has 2 aromatic heterocycles. The van der Waals surface area contributed by atoms with Gasteiger partial charge in [0.25, 0.3) is 5.91 Å². The molecule has 1 amide bonds. The molecule has 2 saturated heterocycles. The molecule has 2 fully saturated rings. The molecule has 0 bridgehead atoms. The zero-order chi connectivity index (χ0) is 18.1. The van der Waals surface area contributed by atoms with Gasteiger partial charge in [-0.3, -0.25) is 4.79 Å². The van der Waals surface area contributed by atoms with Gasteiger partial charge in [-0.25, -0.2) is 9.97 Å². The second kappa shape index (κ2) is 7.70. The van der Waals surface area contributed by atoms with Crippen LogP contribution in [0.3, 0.4) is 0 Å². The number of piperazine rings is 1. The van der Waals surface area contributed by atoms with E-state index in [4.69, 9.17) is 4.98 Å². The molecule has 4 heterocycles. The number of piperidine rings is 1. The van der Waals surface area contributed by atoms with Gasteiger partial charge in [0.1, 0.15) is 10.6 Å². The highest BCUT2D eigenvalue weighted by molar-refractivity contribution is 7.98. The van der Waals surface area contributed by atoms with Crippen molar-refractivity contribution in [3.63, 3.8) is 0 Å². The first kappa shape index (κ1) is 18.0. The van der Waals surface area contributed by atoms with Crippen molar-refractivity contribution in [3.05, 3.63) is 10.9 Å². The lowest BCUT2D eigenvalue weighted by Gasteiger charge is -2.29. The summed E-state index contributed by atoms with van der Waals surface area (Å²) in [5, 5.41) is 1.83. The zero-order valence-corrected chi connectivity index (χ0v) is 17.1. The largest absolute Gasteiger partial charge is 0.356 e. The number of nitrogens with one attached hydrogen (secondary N) is 1. The number of rotatable bonds is 3. The quantitative estimate of drug-likeness (QED) is 0.632. The van der Waals surface area contributed by atoms with E-state index in [9.17, 15) is 4.79 Å². The summed E-state index contributed by atoms with van der Waals surface area (Å²) in [6, 6.07) is 2.03. The minimum absolute atomic E-state index is 0.149. The van der Waals surface area contributed by atoms with Crippen LogP contribution in [0.1, 0.15) is 28.9 Å². The van der Waals surface area contributed by atoms with E-state index in [1.807, 2.05) is 17.2 Å². The maximum Gasteiger partial charge on any atom is 0.264 e.